The van der Waals surface area contributed by atoms with Gasteiger partial charge in [0.1, 0.15) is 5.75 Å². The quantitative estimate of drug-likeness (QED) is 0.795. The second-order valence-corrected chi connectivity index (χ2v) is 4.33. The molecule has 1 aromatic carbocycles. The number of benzene rings is 1. The third kappa shape index (κ3) is 2.26. The summed E-state index contributed by atoms with van der Waals surface area (Å²) in [6, 6.07) is 5.42. The second-order valence-electron chi connectivity index (χ2n) is 3.52. The summed E-state index contributed by atoms with van der Waals surface area (Å²) in [4.78, 5) is 12.0. The largest absolute Gasteiger partial charge is 0.489 e. The summed E-state index contributed by atoms with van der Waals surface area (Å²) in [5.41, 5.74) is 5.84. The van der Waals surface area contributed by atoms with Gasteiger partial charge in [-0.2, -0.15) is 0 Å². The average molecular weight is 223 g/mol. The van der Waals surface area contributed by atoms with Crippen molar-refractivity contribution in [3.8, 4) is 5.75 Å². The van der Waals surface area contributed by atoms with Crippen LogP contribution in [0.2, 0.25) is 0 Å². The molecule has 2 rings (SSSR count). The van der Waals surface area contributed by atoms with Gasteiger partial charge in [-0.25, -0.2) is 0 Å². The van der Waals surface area contributed by atoms with Gasteiger partial charge in [0.2, 0.25) is 5.91 Å². The lowest BCUT2D eigenvalue weighted by atomic mass is 10.2. The van der Waals surface area contributed by atoms with Gasteiger partial charge in [0, 0.05) is 0 Å². The number of carbonyl (C=O) groups excluding carboxylic acids is 1. The van der Waals surface area contributed by atoms with Crippen molar-refractivity contribution in [1.82, 2.24) is 0 Å². The van der Waals surface area contributed by atoms with E-state index in [4.69, 9.17) is 10.5 Å². The van der Waals surface area contributed by atoms with Crippen LogP contribution >= 0.6 is 11.8 Å². The molecule has 1 amide bonds. The summed E-state index contributed by atoms with van der Waals surface area (Å²) < 4.78 is 5.71. The van der Waals surface area contributed by atoms with Crippen molar-refractivity contribution in [3.63, 3.8) is 0 Å². The number of rotatable bonds is 4. The molecule has 0 bridgehead atoms. The van der Waals surface area contributed by atoms with Crippen molar-refractivity contribution in [2.75, 3.05) is 6.26 Å². The molecule has 80 valence electrons. The lowest BCUT2D eigenvalue weighted by Crippen LogP contribution is -2.13. The average Bonchev–Trinajstić information content (AvgIpc) is 3.01. The molecule has 15 heavy (non-hydrogen) atoms. The lowest BCUT2D eigenvalue weighted by molar-refractivity contribution is 0.0996. The van der Waals surface area contributed by atoms with Crippen LogP contribution in [0.4, 0.5) is 0 Å². The van der Waals surface area contributed by atoms with E-state index in [0.717, 1.165) is 23.5 Å². The van der Waals surface area contributed by atoms with E-state index in [1.54, 1.807) is 12.1 Å². The number of amides is 1. The Balaban J connectivity index is 2.34. The van der Waals surface area contributed by atoms with Gasteiger partial charge in [0.15, 0.2) is 0 Å². The minimum absolute atomic E-state index is 0.332. The number of hydrogen-bond donors (Lipinski definition) is 1. The van der Waals surface area contributed by atoms with E-state index >= 15 is 0 Å². The number of carbonyl (C=O) groups is 1. The van der Waals surface area contributed by atoms with Gasteiger partial charge >= 0.3 is 0 Å². The summed E-state index contributed by atoms with van der Waals surface area (Å²) in [7, 11) is 0. The monoisotopic (exact) mass is 223 g/mol. The molecule has 0 heterocycles. The van der Waals surface area contributed by atoms with Gasteiger partial charge in [0.05, 0.1) is 16.6 Å². The fourth-order valence-corrected chi connectivity index (χ4v) is 2.08. The first-order valence-electron chi connectivity index (χ1n) is 4.86. The van der Waals surface area contributed by atoms with E-state index in [9.17, 15) is 4.79 Å². The molecule has 2 N–H and O–H groups in total. The molecule has 1 aliphatic rings. The molecule has 3 nitrogen and oxygen atoms in total. The summed E-state index contributed by atoms with van der Waals surface area (Å²) >= 11 is 1.49. The van der Waals surface area contributed by atoms with Gasteiger partial charge in [0.25, 0.3) is 0 Å². The molecule has 1 aromatic rings. The van der Waals surface area contributed by atoms with Crippen LogP contribution in [0.3, 0.4) is 0 Å². The van der Waals surface area contributed by atoms with Crippen LogP contribution in [0.5, 0.6) is 5.75 Å². The van der Waals surface area contributed by atoms with Crippen LogP contribution in [0.15, 0.2) is 23.1 Å². The molecule has 1 saturated carbocycles. The molecule has 0 aromatic heterocycles. The fraction of sp³-hybridized carbons (Fsp3) is 0.364. The van der Waals surface area contributed by atoms with Crippen molar-refractivity contribution in [1.29, 1.82) is 0 Å². The van der Waals surface area contributed by atoms with Crippen LogP contribution in [-0.4, -0.2) is 18.3 Å². The van der Waals surface area contributed by atoms with Crippen molar-refractivity contribution < 1.29 is 9.53 Å². The first-order chi connectivity index (χ1) is 7.22. The topological polar surface area (TPSA) is 52.3 Å². The number of ether oxygens (including phenoxy) is 1. The van der Waals surface area contributed by atoms with Crippen LogP contribution in [0.25, 0.3) is 0 Å². The zero-order valence-electron chi connectivity index (χ0n) is 8.53. The maximum absolute atomic E-state index is 11.2. The third-order valence-corrected chi connectivity index (χ3v) is 3.10. The zero-order chi connectivity index (χ0) is 10.8. The van der Waals surface area contributed by atoms with Crippen LogP contribution in [0, 0.1) is 0 Å². The van der Waals surface area contributed by atoms with Gasteiger partial charge < -0.3 is 10.5 Å². The molecule has 1 aliphatic carbocycles. The van der Waals surface area contributed by atoms with Crippen LogP contribution in [0.1, 0.15) is 23.2 Å². The summed E-state index contributed by atoms with van der Waals surface area (Å²) in [6.07, 6.45) is 4.46. The molecule has 0 aliphatic heterocycles. The van der Waals surface area contributed by atoms with Gasteiger partial charge in [-0.05, 0) is 31.2 Å². The molecule has 4 heteroatoms. The summed E-state index contributed by atoms with van der Waals surface area (Å²) in [5.74, 6) is 0.377. The highest BCUT2D eigenvalue weighted by molar-refractivity contribution is 7.98. The zero-order valence-corrected chi connectivity index (χ0v) is 9.34. The molecule has 1 fully saturated rings. The Bertz CT molecular complexity index is 388. The standard InChI is InChI=1S/C11H13NO2S/c1-15-10-8(11(12)13)3-2-4-9(10)14-7-5-6-7/h2-4,7H,5-6H2,1H3,(H2,12,13). The lowest BCUT2D eigenvalue weighted by Gasteiger charge is -2.11. The maximum Gasteiger partial charge on any atom is 0.249 e. The van der Waals surface area contributed by atoms with E-state index in [1.165, 1.54) is 11.8 Å². The van der Waals surface area contributed by atoms with Gasteiger partial charge in [-0.1, -0.05) is 6.07 Å². The molecule has 0 spiro atoms. The Morgan fingerprint density at radius 3 is 2.80 bits per heavy atom. The Labute approximate surface area is 93.0 Å². The minimum atomic E-state index is -0.402. The van der Waals surface area contributed by atoms with Gasteiger partial charge in [-0.15, -0.1) is 11.8 Å². The SMILES string of the molecule is CSc1c(OC2CC2)cccc1C(N)=O. The van der Waals surface area contributed by atoms with Crippen LogP contribution < -0.4 is 10.5 Å². The summed E-state index contributed by atoms with van der Waals surface area (Å²) in [6.45, 7) is 0. The van der Waals surface area contributed by atoms with E-state index in [0.29, 0.717) is 11.7 Å². The first-order valence-corrected chi connectivity index (χ1v) is 6.08. The molecular weight excluding hydrogens is 210 g/mol. The van der Waals surface area contributed by atoms with Crippen molar-refractivity contribution in [2.45, 2.75) is 23.8 Å². The highest BCUT2D eigenvalue weighted by Crippen LogP contribution is 2.35. The minimum Gasteiger partial charge on any atom is -0.489 e. The number of primary amides is 1. The Morgan fingerprint density at radius 2 is 2.27 bits per heavy atom. The predicted octanol–water partition coefficient (Wildman–Crippen LogP) is 2.05. The van der Waals surface area contributed by atoms with Crippen molar-refractivity contribution in [2.24, 2.45) is 5.73 Å². The number of thioether (sulfide) groups is 1. The highest BCUT2D eigenvalue weighted by Gasteiger charge is 2.25. The smallest absolute Gasteiger partial charge is 0.249 e. The molecular formula is C11H13NO2S. The highest BCUT2D eigenvalue weighted by atomic mass is 32.2. The number of nitrogens with two attached hydrogens (primary N) is 1. The summed E-state index contributed by atoms with van der Waals surface area (Å²) in [5, 5.41) is 0. The molecule has 0 atom stereocenters. The van der Waals surface area contributed by atoms with E-state index < -0.39 is 5.91 Å². The third-order valence-electron chi connectivity index (χ3n) is 2.27. The van der Waals surface area contributed by atoms with Crippen molar-refractivity contribution in [3.05, 3.63) is 23.8 Å². The Morgan fingerprint density at radius 1 is 1.53 bits per heavy atom. The van der Waals surface area contributed by atoms with Crippen LogP contribution in [-0.2, 0) is 0 Å². The van der Waals surface area contributed by atoms with Gasteiger partial charge in [-0.3, -0.25) is 4.79 Å². The predicted molar refractivity (Wildman–Crippen MR) is 60.4 cm³/mol. The number of hydrogen-bond acceptors (Lipinski definition) is 3. The Hall–Kier alpha value is -1.16. The Kier molecular flexibility index (Phi) is 2.86. The fourth-order valence-electron chi connectivity index (χ4n) is 1.38. The maximum atomic E-state index is 11.2. The second kappa shape index (κ2) is 4.14. The van der Waals surface area contributed by atoms with Crippen molar-refractivity contribution >= 4 is 17.7 Å². The molecule has 0 unspecified atom stereocenters. The van der Waals surface area contributed by atoms with E-state index in [-0.39, 0.29) is 0 Å². The first kappa shape index (κ1) is 10.4. The molecule has 0 saturated heterocycles. The molecule has 0 radical (unpaired) electrons. The normalized spacial score (nSPS) is 15.0. The van der Waals surface area contributed by atoms with E-state index in [1.807, 2.05) is 12.3 Å². The van der Waals surface area contributed by atoms with E-state index in [2.05, 4.69) is 0 Å².